The van der Waals surface area contributed by atoms with Gasteiger partial charge in [-0.25, -0.2) is 0 Å². The Labute approximate surface area is 126 Å². The molecule has 0 aromatic heterocycles. The van der Waals surface area contributed by atoms with Crippen molar-refractivity contribution in [3.05, 3.63) is 0 Å². The molecule has 5 heteroatoms. The minimum atomic E-state index is -0.810. The van der Waals surface area contributed by atoms with Crippen LogP contribution in [0.2, 0.25) is 0 Å². The second-order valence-electron chi connectivity index (χ2n) is 6.71. The molecule has 0 heterocycles. The number of carbonyl (C=O) groups excluding carboxylic acids is 1. The molecule has 1 aliphatic rings. The molecule has 1 fully saturated rings. The predicted octanol–water partition coefficient (Wildman–Crippen LogP) is 3.15. The molecule has 1 amide bonds. The maximum atomic E-state index is 12.4. The van der Waals surface area contributed by atoms with Gasteiger partial charge >= 0.3 is 5.97 Å². The van der Waals surface area contributed by atoms with Crippen LogP contribution in [-0.4, -0.2) is 45.0 Å². The highest BCUT2D eigenvalue weighted by Gasteiger charge is 2.40. The number of hydrogen-bond acceptors (Lipinski definition) is 3. The summed E-state index contributed by atoms with van der Waals surface area (Å²) in [5.74, 6) is -0.343. The van der Waals surface area contributed by atoms with Crippen LogP contribution in [0.3, 0.4) is 0 Å². The van der Waals surface area contributed by atoms with E-state index >= 15 is 0 Å². The first-order chi connectivity index (χ1) is 9.16. The second kappa shape index (κ2) is 6.83. The predicted molar refractivity (Wildman–Crippen MR) is 83.0 cm³/mol. The van der Waals surface area contributed by atoms with E-state index in [1.54, 1.807) is 23.7 Å². The Kier molecular flexibility index (Phi) is 5.92. The van der Waals surface area contributed by atoms with Crippen LogP contribution in [0.1, 0.15) is 59.3 Å². The largest absolute Gasteiger partial charge is 0.481 e. The van der Waals surface area contributed by atoms with Gasteiger partial charge in [0.15, 0.2) is 0 Å². The van der Waals surface area contributed by atoms with Crippen molar-refractivity contribution in [1.82, 2.24) is 4.90 Å². The Hall–Kier alpha value is -0.710. The van der Waals surface area contributed by atoms with Crippen molar-refractivity contribution in [2.45, 2.75) is 69.6 Å². The van der Waals surface area contributed by atoms with Crippen LogP contribution in [-0.2, 0) is 9.59 Å². The molecule has 0 saturated heterocycles. The molecule has 0 aliphatic heterocycles. The third-order valence-corrected chi connectivity index (χ3v) is 5.24. The summed E-state index contributed by atoms with van der Waals surface area (Å²) in [5.41, 5.74) is -0.473. The van der Waals surface area contributed by atoms with Crippen molar-refractivity contribution >= 4 is 23.6 Å². The number of amides is 1. The maximum absolute atomic E-state index is 12.4. The topological polar surface area (TPSA) is 57.6 Å². The molecule has 20 heavy (non-hydrogen) atoms. The van der Waals surface area contributed by atoms with Crippen LogP contribution in [0.15, 0.2) is 0 Å². The number of aliphatic carboxylic acids is 1. The quantitative estimate of drug-likeness (QED) is 0.847. The minimum absolute atomic E-state index is 0.0447. The van der Waals surface area contributed by atoms with Crippen molar-refractivity contribution in [3.63, 3.8) is 0 Å². The zero-order chi connectivity index (χ0) is 15.4. The van der Waals surface area contributed by atoms with Gasteiger partial charge in [-0.15, -0.1) is 11.8 Å². The Balaban J connectivity index is 2.74. The summed E-state index contributed by atoms with van der Waals surface area (Å²) in [7, 11) is 1.78. The highest BCUT2D eigenvalue weighted by molar-refractivity contribution is 8.01. The lowest BCUT2D eigenvalue weighted by atomic mass is 9.78. The summed E-state index contributed by atoms with van der Waals surface area (Å²) in [6.07, 6.45) is 4.84. The maximum Gasteiger partial charge on any atom is 0.305 e. The molecule has 1 rings (SSSR count). The van der Waals surface area contributed by atoms with Crippen molar-refractivity contribution in [3.8, 4) is 0 Å². The van der Waals surface area contributed by atoms with E-state index in [0.29, 0.717) is 5.75 Å². The average molecular weight is 301 g/mol. The smallest absolute Gasteiger partial charge is 0.305 e. The Morgan fingerprint density at radius 2 is 1.75 bits per heavy atom. The fourth-order valence-electron chi connectivity index (χ4n) is 2.76. The van der Waals surface area contributed by atoms with E-state index < -0.39 is 11.5 Å². The van der Waals surface area contributed by atoms with Crippen molar-refractivity contribution in [2.24, 2.45) is 0 Å². The van der Waals surface area contributed by atoms with E-state index in [2.05, 4.69) is 20.8 Å². The lowest BCUT2D eigenvalue weighted by Gasteiger charge is -2.44. The SMILES string of the molecule is CN(C(=O)CSC(C)(C)C)C1(CC(=O)O)CCCCC1. The minimum Gasteiger partial charge on any atom is -0.481 e. The van der Waals surface area contributed by atoms with Crippen LogP contribution in [0.4, 0.5) is 0 Å². The summed E-state index contributed by atoms with van der Waals surface area (Å²) in [5, 5.41) is 9.18. The Bertz CT molecular complexity index is 357. The van der Waals surface area contributed by atoms with Crippen LogP contribution in [0, 0.1) is 0 Å². The monoisotopic (exact) mass is 301 g/mol. The van der Waals surface area contributed by atoms with Crippen LogP contribution < -0.4 is 0 Å². The Morgan fingerprint density at radius 1 is 1.20 bits per heavy atom. The number of hydrogen-bond donors (Lipinski definition) is 1. The number of thioether (sulfide) groups is 1. The molecule has 0 atom stereocenters. The van der Waals surface area contributed by atoms with Crippen LogP contribution >= 0.6 is 11.8 Å². The third-order valence-electron chi connectivity index (χ3n) is 3.98. The van der Waals surface area contributed by atoms with Crippen molar-refractivity contribution in [2.75, 3.05) is 12.8 Å². The molecule has 1 saturated carbocycles. The van der Waals surface area contributed by atoms with Gasteiger partial charge in [-0.1, -0.05) is 40.0 Å². The Morgan fingerprint density at radius 3 is 2.20 bits per heavy atom. The van der Waals surface area contributed by atoms with Crippen LogP contribution in [0.25, 0.3) is 0 Å². The van der Waals surface area contributed by atoms with E-state index in [1.165, 1.54) is 0 Å². The first-order valence-electron chi connectivity index (χ1n) is 7.29. The van der Waals surface area contributed by atoms with Gasteiger partial charge in [-0.2, -0.15) is 0 Å². The lowest BCUT2D eigenvalue weighted by molar-refractivity contribution is -0.144. The summed E-state index contributed by atoms with van der Waals surface area (Å²) >= 11 is 1.61. The molecule has 0 unspecified atom stereocenters. The highest BCUT2D eigenvalue weighted by atomic mass is 32.2. The number of carboxylic acid groups (broad SMARTS) is 1. The van der Waals surface area contributed by atoms with Crippen LogP contribution in [0.5, 0.6) is 0 Å². The van der Waals surface area contributed by atoms with Gasteiger partial charge in [0.2, 0.25) is 5.91 Å². The first kappa shape index (κ1) is 17.3. The standard InChI is InChI=1S/C15H27NO3S/c1-14(2,3)20-11-12(17)16(4)15(10-13(18)19)8-6-5-7-9-15/h5-11H2,1-4H3,(H,18,19). The van der Waals surface area contributed by atoms with E-state index in [9.17, 15) is 14.7 Å². The van der Waals surface area contributed by atoms with Gasteiger partial charge in [0.25, 0.3) is 0 Å². The average Bonchev–Trinajstić information content (AvgIpc) is 2.34. The van der Waals surface area contributed by atoms with Crippen molar-refractivity contribution < 1.29 is 14.7 Å². The fraction of sp³-hybridized carbons (Fsp3) is 0.867. The molecule has 116 valence electrons. The van der Waals surface area contributed by atoms with Gasteiger partial charge in [-0.3, -0.25) is 9.59 Å². The zero-order valence-corrected chi connectivity index (χ0v) is 13.9. The molecule has 4 nitrogen and oxygen atoms in total. The first-order valence-corrected chi connectivity index (χ1v) is 8.27. The number of carboxylic acids is 1. The van der Waals surface area contributed by atoms with Crippen molar-refractivity contribution in [1.29, 1.82) is 0 Å². The van der Waals surface area contributed by atoms with Gasteiger partial charge in [0.1, 0.15) is 0 Å². The normalized spacial score (nSPS) is 18.6. The van der Waals surface area contributed by atoms with Gasteiger partial charge < -0.3 is 10.0 Å². The molecule has 0 spiro atoms. The lowest BCUT2D eigenvalue weighted by Crippen LogP contribution is -2.52. The second-order valence-corrected chi connectivity index (χ2v) is 8.51. The molecular weight excluding hydrogens is 274 g/mol. The molecule has 0 radical (unpaired) electrons. The zero-order valence-electron chi connectivity index (χ0n) is 13.1. The van der Waals surface area contributed by atoms with E-state index in [4.69, 9.17) is 0 Å². The molecule has 1 aliphatic carbocycles. The highest BCUT2D eigenvalue weighted by Crippen LogP contribution is 2.36. The summed E-state index contributed by atoms with van der Waals surface area (Å²) in [4.78, 5) is 25.3. The molecule has 1 N–H and O–H groups in total. The summed E-state index contributed by atoms with van der Waals surface area (Å²) in [6.45, 7) is 6.25. The third kappa shape index (κ3) is 5.00. The molecule has 0 aromatic rings. The van der Waals surface area contributed by atoms with E-state index in [0.717, 1.165) is 32.1 Å². The number of nitrogens with zero attached hydrogens (tertiary/aromatic N) is 1. The summed E-state index contributed by atoms with van der Waals surface area (Å²) < 4.78 is 0.0447. The molecule has 0 aromatic carbocycles. The molecule has 0 bridgehead atoms. The van der Waals surface area contributed by atoms with E-state index in [1.807, 2.05) is 0 Å². The van der Waals surface area contributed by atoms with Gasteiger partial charge in [0, 0.05) is 11.8 Å². The van der Waals surface area contributed by atoms with Gasteiger partial charge in [0.05, 0.1) is 17.7 Å². The molecular formula is C15H27NO3S. The summed E-state index contributed by atoms with van der Waals surface area (Å²) in [6, 6.07) is 0. The van der Waals surface area contributed by atoms with E-state index in [-0.39, 0.29) is 17.1 Å². The number of rotatable bonds is 5. The fourth-order valence-corrected chi connectivity index (χ4v) is 3.51. The van der Waals surface area contributed by atoms with Gasteiger partial charge in [-0.05, 0) is 12.8 Å². The number of carbonyl (C=O) groups is 2.